The van der Waals surface area contributed by atoms with Gasteiger partial charge in [0.1, 0.15) is 0 Å². The Kier molecular flexibility index (Phi) is 4.11. The zero-order valence-electron chi connectivity index (χ0n) is 2.98. The van der Waals surface area contributed by atoms with Crippen LogP contribution in [0.4, 0.5) is 7.77 Å². The van der Waals surface area contributed by atoms with Crippen molar-refractivity contribution in [2.75, 3.05) is 0 Å². The van der Waals surface area contributed by atoms with Gasteiger partial charge in [0.2, 0.25) is 0 Å². The molecule has 0 unspecified atom stereocenters. The third-order valence-corrected chi connectivity index (χ3v) is 0. The summed E-state index contributed by atoms with van der Waals surface area (Å²) >= 11 is 0. The molecule has 0 heterocycles. The van der Waals surface area contributed by atoms with Gasteiger partial charge in [0.05, 0.1) is 0 Å². The zero-order valence-corrected chi connectivity index (χ0v) is 3.80. The van der Waals surface area contributed by atoms with Gasteiger partial charge in [-0.2, -0.15) is 8.42 Å². The van der Waals surface area contributed by atoms with Gasteiger partial charge in [0.25, 0.3) is 0 Å². The Hall–Kier alpha value is 0.407. The van der Waals surface area contributed by atoms with Gasteiger partial charge in [-0.1, -0.05) is 7.77 Å². The van der Waals surface area contributed by atoms with E-state index in [0.717, 1.165) is 0 Å². The molecule has 0 aromatic heterocycles. The van der Waals surface area contributed by atoms with Gasteiger partial charge >= 0.3 is 10.6 Å². The molecule has 0 aliphatic rings. The van der Waals surface area contributed by atoms with Crippen molar-refractivity contribution in [2.45, 2.75) is 0 Å². The second-order valence-corrected chi connectivity index (χ2v) is 1.14. The van der Waals surface area contributed by atoms with Crippen LogP contribution in [0.1, 0.15) is 0 Å². The second kappa shape index (κ2) is 2.56. The largest absolute Gasteiger partial charge is 0.476 e. The minimum atomic E-state index is -5.67. The number of hydrogen-bond donors (Lipinski definition) is 0. The molecule has 0 spiro atoms. The van der Waals surface area contributed by atoms with Gasteiger partial charge in [0.15, 0.2) is 0 Å². The minimum Gasteiger partial charge on any atom is -0.160 e. The van der Waals surface area contributed by atoms with Crippen molar-refractivity contribution in [1.82, 2.24) is 0 Å². The first-order valence-corrected chi connectivity index (χ1v) is 1.93. The summed E-state index contributed by atoms with van der Waals surface area (Å²) in [5.41, 5.74) is 0. The van der Waals surface area contributed by atoms with Crippen molar-refractivity contribution in [3.63, 3.8) is 0 Å². The third-order valence-electron chi connectivity index (χ3n) is 0. The molecule has 0 bridgehead atoms. The third kappa shape index (κ3) is 308. The van der Waals surface area contributed by atoms with Crippen LogP contribution in [0.5, 0.6) is 0 Å². The van der Waals surface area contributed by atoms with Crippen LogP contribution >= 0.6 is 0 Å². The van der Waals surface area contributed by atoms with E-state index in [9.17, 15) is 7.77 Å². The zero-order chi connectivity index (χ0) is 4.50. The fourth-order valence-electron chi connectivity index (χ4n) is 0. The van der Waals surface area contributed by atoms with Crippen LogP contribution < -0.4 is 0 Å². The van der Waals surface area contributed by atoms with E-state index >= 15 is 0 Å². The van der Waals surface area contributed by atoms with E-state index < -0.39 is 10.6 Å². The maximum atomic E-state index is 9.99. The first kappa shape index (κ1) is 9.64. The van der Waals surface area contributed by atoms with Crippen LogP contribution in [0, 0.1) is 0 Å². The van der Waals surface area contributed by atoms with Gasteiger partial charge < -0.3 is 0 Å². The average molecular weight is 109 g/mol. The minimum absolute atomic E-state index is 0. The number of halogens is 2. The molecule has 0 amide bonds. The van der Waals surface area contributed by atoms with Crippen molar-refractivity contribution in [3.05, 3.63) is 0 Å². The van der Waals surface area contributed by atoms with Crippen LogP contribution in [-0.4, -0.2) is 27.3 Å². The Balaban J connectivity index is 0. The molecule has 6 heteroatoms. The van der Waals surface area contributed by atoms with E-state index in [0.29, 0.717) is 0 Å². The molecular formula is F2LiO2S. The molecule has 0 atom stereocenters. The fourth-order valence-corrected chi connectivity index (χ4v) is 0. The molecule has 0 saturated carbocycles. The number of hydrogen-bond acceptors (Lipinski definition) is 2. The summed E-state index contributed by atoms with van der Waals surface area (Å²) < 4.78 is 36.6. The van der Waals surface area contributed by atoms with Crippen molar-refractivity contribution >= 4 is 29.5 Å². The van der Waals surface area contributed by atoms with E-state index in [-0.39, 0.29) is 18.9 Å². The van der Waals surface area contributed by atoms with Crippen molar-refractivity contribution < 1.29 is 16.2 Å². The quantitative estimate of drug-likeness (QED) is 0.318. The second-order valence-electron chi connectivity index (χ2n) is 0.378. The maximum Gasteiger partial charge on any atom is 0.476 e. The first-order valence-electron chi connectivity index (χ1n) is 0.642. The Labute approximate surface area is 46.2 Å². The Bertz CT molecular complexity index is 94.7. The van der Waals surface area contributed by atoms with Crippen LogP contribution in [0.3, 0.4) is 0 Å². The first-order chi connectivity index (χ1) is 2.00. The van der Waals surface area contributed by atoms with Crippen LogP contribution in [0.25, 0.3) is 0 Å². The molecule has 2 nitrogen and oxygen atoms in total. The summed E-state index contributed by atoms with van der Waals surface area (Å²) in [4.78, 5) is 0. The summed E-state index contributed by atoms with van der Waals surface area (Å²) in [5, 5.41) is 0. The molecule has 0 aliphatic heterocycles. The van der Waals surface area contributed by atoms with Crippen LogP contribution in [0.2, 0.25) is 0 Å². The fraction of sp³-hybridized carbons (Fsp3) is 0. The van der Waals surface area contributed by atoms with Crippen LogP contribution in [-0.2, 0) is 10.6 Å². The summed E-state index contributed by atoms with van der Waals surface area (Å²) in [5.74, 6) is 0. The molecule has 0 N–H and O–H groups in total. The molecule has 6 heavy (non-hydrogen) atoms. The van der Waals surface area contributed by atoms with E-state index in [2.05, 4.69) is 0 Å². The molecule has 0 aromatic rings. The average Bonchev–Trinajstić information content (AvgIpc) is 0.722. The van der Waals surface area contributed by atoms with E-state index in [1.54, 1.807) is 0 Å². The number of rotatable bonds is 0. The smallest absolute Gasteiger partial charge is 0.160 e. The summed E-state index contributed by atoms with van der Waals surface area (Å²) in [6.45, 7) is 0. The molecule has 33 valence electrons. The Morgan fingerprint density at radius 1 is 1.17 bits per heavy atom. The Morgan fingerprint density at radius 3 is 1.17 bits per heavy atom. The molecule has 0 saturated heterocycles. The molecule has 0 rings (SSSR count). The van der Waals surface area contributed by atoms with Gasteiger partial charge in [-0.05, 0) is 0 Å². The van der Waals surface area contributed by atoms with E-state index in [4.69, 9.17) is 8.42 Å². The predicted molar refractivity (Wildman–Crippen MR) is 16.9 cm³/mol. The van der Waals surface area contributed by atoms with Gasteiger partial charge in [-0.25, -0.2) is 0 Å². The molecule has 0 aromatic carbocycles. The van der Waals surface area contributed by atoms with Gasteiger partial charge in [0, 0.05) is 18.9 Å². The molecule has 0 fully saturated rings. The van der Waals surface area contributed by atoms with Crippen molar-refractivity contribution in [1.29, 1.82) is 0 Å². The van der Waals surface area contributed by atoms with Gasteiger partial charge in [-0.3, -0.25) is 0 Å². The summed E-state index contributed by atoms with van der Waals surface area (Å²) in [6, 6.07) is 0. The summed E-state index contributed by atoms with van der Waals surface area (Å²) in [7, 11) is -5.67. The normalized spacial score (nSPS) is 9.67. The van der Waals surface area contributed by atoms with E-state index in [1.807, 2.05) is 0 Å². The SMILES string of the molecule is O=S(=O)(F)F.[Li]. The van der Waals surface area contributed by atoms with E-state index in [1.165, 1.54) is 0 Å². The van der Waals surface area contributed by atoms with Crippen molar-refractivity contribution in [2.24, 2.45) is 0 Å². The standard InChI is InChI=1S/F2O2S.Li/c1-5(2,3)4;. The summed E-state index contributed by atoms with van der Waals surface area (Å²) in [6.07, 6.45) is 0. The maximum absolute atomic E-state index is 9.99. The van der Waals surface area contributed by atoms with Crippen LogP contribution in [0.15, 0.2) is 0 Å². The molecular weight excluding hydrogens is 109 g/mol. The molecule has 0 aliphatic carbocycles. The predicted octanol–water partition coefficient (Wildman–Crippen LogP) is -0.211. The van der Waals surface area contributed by atoms with Crippen molar-refractivity contribution in [3.8, 4) is 0 Å². The molecule has 1 radical (unpaired) electrons. The Morgan fingerprint density at radius 2 is 1.17 bits per heavy atom. The topological polar surface area (TPSA) is 34.1 Å². The monoisotopic (exact) mass is 109 g/mol. The van der Waals surface area contributed by atoms with Gasteiger partial charge in [-0.15, -0.1) is 0 Å².